The number of benzene rings is 1. The minimum absolute atomic E-state index is 0.214. The lowest BCUT2D eigenvalue weighted by Crippen LogP contribution is -2.36. The van der Waals surface area contributed by atoms with E-state index in [0.717, 1.165) is 43.3 Å². The number of guanidine groups is 1. The lowest BCUT2D eigenvalue weighted by atomic mass is 10.1. The van der Waals surface area contributed by atoms with Crippen molar-refractivity contribution < 1.29 is 9.47 Å². The highest BCUT2D eigenvalue weighted by Gasteiger charge is 2.17. The van der Waals surface area contributed by atoms with E-state index in [1.165, 1.54) is 11.1 Å². The molecule has 2 N–H and O–H groups in total. The van der Waals surface area contributed by atoms with Crippen LogP contribution < -0.4 is 15.4 Å². The highest BCUT2D eigenvalue weighted by Crippen LogP contribution is 2.22. The first-order valence-electron chi connectivity index (χ1n) is 9.53. The fourth-order valence-electron chi connectivity index (χ4n) is 3.15. The summed E-state index contributed by atoms with van der Waals surface area (Å²) in [5, 5.41) is 6.71. The molecule has 0 spiro atoms. The van der Waals surface area contributed by atoms with Crippen LogP contribution in [0.4, 0.5) is 0 Å². The molecule has 3 rings (SSSR count). The molecule has 0 bridgehead atoms. The van der Waals surface area contributed by atoms with Gasteiger partial charge in [0.15, 0.2) is 5.96 Å². The summed E-state index contributed by atoms with van der Waals surface area (Å²) in [4.78, 5) is 4.31. The molecule has 146 valence electrons. The van der Waals surface area contributed by atoms with E-state index in [1.54, 1.807) is 7.05 Å². The molecular weight excluding hydrogens is 340 g/mol. The zero-order valence-electron chi connectivity index (χ0n) is 16.5. The molecule has 0 amide bonds. The van der Waals surface area contributed by atoms with Crippen LogP contribution in [0, 0.1) is 6.92 Å². The van der Waals surface area contributed by atoms with Crippen molar-refractivity contribution in [3.8, 4) is 5.75 Å². The van der Waals surface area contributed by atoms with Gasteiger partial charge in [-0.15, -0.1) is 0 Å². The van der Waals surface area contributed by atoms with Crippen molar-refractivity contribution in [2.45, 2.75) is 39.0 Å². The van der Waals surface area contributed by atoms with Gasteiger partial charge in [0.1, 0.15) is 12.4 Å². The Morgan fingerprint density at radius 2 is 2.15 bits per heavy atom. The average molecular weight is 370 g/mol. The van der Waals surface area contributed by atoms with Crippen LogP contribution in [0.2, 0.25) is 0 Å². The molecule has 1 aliphatic rings. The van der Waals surface area contributed by atoms with Crippen LogP contribution in [0.25, 0.3) is 0 Å². The van der Waals surface area contributed by atoms with Crippen LogP contribution in [0.5, 0.6) is 5.75 Å². The topological polar surface area (TPSA) is 59.8 Å². The molecule has 1 unspecified atom stereocenters. The number of nitrogens with zero attached hydrogens (tertiary/aromatic N) is 2. The van der Waals surface area contributed by atoms with Gasteiger partial charge >= 0.3 is 0 Å². The molecule has 1 aliphatic heterocycles. The SMILES string of the molecule is CN=C(NCc1ccn(C)c1)NCc1ccc(C)cc1OCC1CCCO1. The summed E-state index contributed by atoms with van der Waals surface area (Å²) in [5.41, 5.74) is 3.52. The molecule has 1 aromatic heterocycles. The summed E-state index contributed by atoms with van der Waals surface area (Å²) in [6.07, 6.45) is 6.55. The van der Waals surface area contributed by atoms with E-state index in [2.05, 4.69) is 53.0 Å². The molecule has 27 heavy (non-hydrogen) atoms. The number of aliphatic imine (C=N–C) groups is 1. The molecular formula is C21H30N4O2. The molecule has 6 nitrogen and oxygen atoms in total. The van der Waals surface area contributed by atoms with E-state index in [-0.39, 0.29) is 6.10 Å². The third-order valence-electron chi connectivity index (χ3n) is 4.69. The second-order valence-corrected chi connectivity index (χ2v) is 7.02. The van der Waals surface area contributed by atoms with Crippen molar-refractivity contribution in [3.63, 3.8) is 0 Å². The van der Waals surface area contributed by atoms with Gasteiger partial charge < -0.3 is 24.7 Å². The molecule has 1 saturated heterocycles. The van der Waals surface area contributed by atoms with Gasteiger partial charge in [-0.1, -0.05) is 12.1 Å². The second-order valence-electron chi connectivity index (χ2n) is 7.02. The summed E-state index contributed by atoms with van der Waals surface area (Å²) >= 11 is 0. The quantitative estimate of drug-likeness (QED) is 0.581. The maximum absolute atomic E-state index is 6.07. The van der Waals surface area contributed by atoms with Crippen LogP contribution in [0.15, 0.2) is 41.7 Å². The largest absolute Gasteiger partial charge is 0.491 e. The van der Waals surface area contributed by atoms with Gasteiger partial charge in [0.2, 0.25) is 0 Å². The zero-order chi connectivity index (χ0) is 19.1. The van der Waals surface area contributed by atoms with Crippen LogP contribution >= 0.6 is 0 Å². The molecule has 0 radical (unpaired) electrons. The molecule has 1 fully saturated rings. The third-order valence-corrected chi connectivity index (χ3v) is 4.69. The number of hydrogen-bond acceptors (Lipinski definition) is 3. The van der Waals surface area contributed by atoms with Gasteiger partial charge in [0.05, 0.1) is 6.10 Å². The van der Waals surface area contributed by atoms with Crippen LogP contribution in [0.3, 0.4) is 0 Å². The van der Waals surface area contributed by atoms with E-state index in [9.17, 15) is 0 Å². The van der Waals surface area contributed by atoms with Crippen LogP contribution in [-0.4, -0.2) is 36.9 Å². The van der Waals surface area contributed by atoms with E-state index in [1.807, 2.05) is 17.8 Å². The van der Waals surface area contributed by atoms with Crippen molar-refractivity contribution >= 4 is 5.96 Å². The number of aromatic nitrogens is 1. The Bertz CT molecular complexity index is 763. The van der Waals surface area contributed by atoms with Gasteiger partial charge in [-0.05, 0) is 43.0 Å². The van der Waals surface area contributed by atoms with E-state index < -0.39 is 0 Å². The summed E-state index contributed by atoms with van der Waals surface area (Å²) in [6.45, 7) is 4.92. The van der Waals surface area contributed by atoms with Gasteiger partial charge in [-0.2, -0.15) is 0 Å². The Kier molecular flexibility index (Phi) is 6.76. The fourth-order valence-corrected chi connectivity index (χ4v) is 3.15. The Labute approximate surface area is 161 Å². The van der Waals surface area contributed by atoms with E-state index in [0.29, 0.717) is 13.2 Å². The number of ether oxygens (including phenoxy) is 2. The van der Waals surface area contributed by atoms with Gasteiger partial charge in [0, 0.05) is 51.7 Å². The van der Waals surface area contributed by atoms with Crippen LogP contribution in [-0.2, 0) is 24.9 Å². The monoisotopic (exact) mass is 370 g/mol. The van der Waals surface area contributed by atoms with Gasteiger partial charge in [-0.25, -0.2) is 0 Å². The Hall–Kier alpha value is -2.47. The molecule has 1 atom stereocenters. The summed E-state index contributed by atoms with van der Waals surface area (Å²) < 4.78 is 13.8. The minimum Gasteiger partial charge on any atom is -0.491 e. The summed E-state index contributed by atoms with van der Waals surface area (Å²) in [5.74, 6) is 1.68. The highest BCUT2D eigenvalue weighted by molar-refractivity contribution is 5.79. The van der Waals surface area contributed by atoms with Crippen molar-refractivity contribution in [1.82, 2.24) is 15.2 Å². The first kappa shape index (κ1) is 19.3. The standard InChI is InChI=1S/C21H30N4O2/c1-16-6-7-18(20(11-16)27-15-19-5-4-10-26-19)13-24-21(22-2)23-12-17-8-9-25(3)14-17/h6-9,11,14,19H,4-5,10,12-13,15H2,1-3H3,(H2,22,23,24). The Morgan fingerprint density at radius 1 is 1.30 bits per heavy atom. The lowest BCUT2D eigenvalue weighted by molar-refractivity contribution is 0.0676. The Balaban J connectivity index is 1.55. The second kappa shape index (κ2) is 9.46. The highest BCUT2D eigenvalue weighted by atomic mass is 16.5. The first-order valence-corrected chi connectivity index (χ1v) is 9.53. The third kappa shape index (κ3) is 5.76. The van der Waals surface area contributed by atoms with E-state index >= 15 is 0 Å². The van der Waals surface area contributed by atoms with Crippen LogP contribution in [0.1, 0.15) is 29.5 Å². The average Bonchev–Trinajstić information content (AvgIpc) is 3.33. The zero-order valence-corrected chi connectivity index (χ0v) is 16.5. The molecule has 2 aromatic rings. The number of rotatable bonds is 7. The van der Waals surface area contributed by atoms with Gasteiger partial charge in [0.25, 0.3) is 0 Å². The number of aryl methyl sites for hydroxylation is 2. The molecule has 1 aromatic carbocycles. The molecule has 2 heterocycles. The molecule has 0 aliphatic carbocycles. The van der Waals surface area contributed by atoms with Crippen molar-refractivity contribution in [2.75, 3.05) is 20.3 Å². The summed E-state index contributed by atoms with van der Waals surface area (Å²) in [6, 6.07) is 8.40. The maximum Gasteiger partial charge on any atom is 0.191 e. The van der Waals surface area contributed by atoms with Gasteiger partial charge in [-0.3, -0.25) is 4.99 Å². The predicted octanol–water partition coefficient (Wildman–Crippen LogP) is 2.76. The number of nitrogens with one attached hydrogen (secondary N) is 2. The Morgan fingerprint density at radius 3 is 2.85 bits per heavy atom. The minimum atomic E-state index is 0.214. The maximum atomic E-state index is 6.07. The molecule has 0 saturated carbocycles. The van der Waals surface area contributed by atoms with Crippen molar-refractivity contribution in [1.29, 1.82) is 0 Å². The van der Waals surface area contributed by atoms with Crippen molar-refractivity contribution in [2.24, 2.45) is 12.0 Å². The smallest absolute Gasteiger partial charge is 0.191 e. The predicted molar refractivity (Wildman–Crippen MR) is 108 cm³/mol. The molecule has 6 heteroatoms. The van der Waals surface area contributed by atoms with E-state index in [4.69, 9.17) is 9.47 Å². The first-order chi connectivity index (χ1) is 13.1. The van der Waals surface area contributed by atoms with Crippen molar-refractivity contribution in [3.05, 3.63) is 53.3 Å². The summed E-state index contributed by atoms with van der Waals surface area (Å²) in [7, 11) is 3.80. The fraction of sp³-hybridized carbons (Fsp3) is 0.476. The normalized spacial score (nSPS) is 17.1. The lowest BCUT2D eigenvalue weighted by Gasteiger charge is -2.17. The number of hydrogen-bond donors (Lipinski definition) is 2.